The second-order valence-corrected chi connectivity index (χ2v) is 7.04. The molecule has 5 heteroatoms. The molecule has 1 amide bonds. The molecule has 0 heterocycles. The van der Waals surface area contributed by atoms with E-state index >= 15 is 0 Å². The quantitative estimate of drug-likeness (QED) is 0.369. The third kappa shape index (κ3) is 3.91. The minimum Gasteiger partial charge on any atom is -0.496 e. The molecule has 0 aliphatic carbocycles. The molecule has 4 aromatic carbocycles. The van der Waals surface area contributed by atoms with E-state index in [4.69, 9.17) is 4.74 Å². The van der Waals surface area contributed by atoms with Gasteiger partial charge in [0, 0.05) is 5.56 Å². The Balaban J connectivity index is 1.68. The number of hydrazone groups is 1. The van der Waals surface area contributed by atoms with E-state index in [1.54, 1.807) is 55.6 Å². The molecule has 0 aliphatic heterocycles. The molecule has 5 nitrogen and oxygen atoms in total. The summed E-state index contributed by atoms with van der Waals surface area (Å²) in [6.45, 7) is 0. The number of nitrogens with one attached hydrogen (secondary N) is 1. The number of carbonyl (C=O) groups excluding carboxylic acids is 1. The second-order valence-electron chi connectivity index (χ2n) is 7.04. The standard InChI is InChI=1S/C26H22N2O3/c1-31-24-17-16-19-10-8-9-15-22(19)23(24)18-27-28-25(29)26(30,20-11-4-2-5-12-20)21-13-6-3-7-14-21/h2-18,30H,1H3,(H,28,29). The van der Waals surface area contributed by atoms with Crippen LogP contribution in [-0.2, 0) is 10.4 Å². The Labute approximate surface area is 180 Å². The Morgan fingerprint density at radius 3 is 2.06 bits per heavy atom. The lowest BCUT2D eigenvalue weighted by atomic mass is 9.85. The molecule has 4 rings (SSSR count). The van der Waals surface area contributed by atoms with Crippen molar-refractivity contribution >= 4 is 22.9 Å². The molecule has 0 saturated carbocycles. The van der Waals surface area contributed by atoms with Gasteiger partial charge >= 0.3 is 0 Å². The van der Waals surface area contributed by atoms with Gasteiger partial charge in [0.2, 0.25) is 0 Å². The van der Waals surface area contributed by atoms with Gasteiger partial charge in [-0.1, -0.05) is 91.0 Å². The molecule has 0 unspecified atom stereocenters. The summed E-state index contributed by atoms with van der Waals surface area (Å²) in [6.07, 6.45) is 1.54. The van der Waals surface area contributed by atoms with Gasteiger partial charge in [-0.15, -0.1) is 0 Å². The average molecular weight is 410 g/mol. The summed E-state index contributed by atoms with van der Waals surface area (Å²) in [4.78, 5) is 13.2. The molecule has 0 aromatic heterocycles. The zero-order valence-electron chi connectivity index (χ0n) is 17.0. The number of hydrogen-bond acceptors (Lipinski definition) is 4. The van der Waals surface area contributed by atoms with Crippen molar-refractivity contribution in [1.29, 1.82) is 0 Å². The van der Waals surface area contributed by atoms with Crippen LogP contribution in [0.2, 0.25) is 0 Å². The monoisotopic (exact) mass is 410 g/mol. The smallest absolute Gasteiger partial charge is 0.281 e. The number of benzene rings is 4. The van der Waals surface area contributed by atoms with Crippen LogP contribution in [0, 0.1) is 0 Å². The van der Waals surface area contributed by atoms with Crippen LogP contribution in [0.4, 0.5) is 0 Å². The van der Waals surface area contributed by atoms with E-state index < -0.39 is 11.5 Å². The maximum atomic E-state index is 13.2. The van der Waals surface area contributed by atoms with E-state index in [2.05, 4.69) is 10.5 Å². The average Bonchev–Trinajstić information content (AvgIpc) is 2.84. The minimum absolute atomic E-state index is 0.455. The molecule has 0 fully saturated rings. The number of amides is 1. The molecule has 0 atom stereocenters. The van der Waals surface area contributed by atoms with Gasteiger partial charge in [-0.05, 0) is 28.0 Å². The first-order valence-electron chi connectivity index (χ1n) is 9.87. The molecule has 0 aliphatic rings. The number of carbonyl (C=O) groups is 1. The highest BCUT2D eigenvalue weighted by molar-refractivity contribution is 6.03. The van der Waals surface area contributed by atoms with Crippen LogP contribution in [0.3, 0.4) is 0 Å². The topological polar surface area (TPSA) is 70.9 Å². The minimum atomic E-state index is -1.89. The van der Waals surface area contributed by atoms with Crippen molar-refractivity contribution in [2.24, 2.45) is 5.10 Å². The highest BCUT2D eigenvalue weighted by atomic mass is 16.5. The second kappa shape index (κ2) is 8.81. The van der Waals surface area contributed by atoms with Gasteiger partial charge in [-0.2, -0.15) is 5.10 Å². The van der Waals surface area contributed by atoms with Crippen LogP contribution in [0.5, 0.6) is 5.75 Å². The first-order chi connectivity index (χ1) is 15.1. The van der Waals surface area contributed by atoms with E-state index in [1.165, 1.54) is 6.21 Å². The fourth-order valence-electron chi connectivity index (χ4n) is 3.61. The van der Waals surface area contributed by atoms with Crippen molar-refractivity contribution in [3.8, 4) is 5.75 Å². The normalized spacial score (nSPS) is 11.5. The van der Waals surface area contributed by atoms with E-state index in [9.17, 15) is 9.90 Å². The van der Waals surface area contributed by atoms with Gasteiger partial charge in [0.1, 0.15) is 5.75 Å². The SMILES string of the molecule is COc1ccc2ccccc2c1C=NNC(=O)C(O)(c1ccccc1)c1ccccc1. The zero-order chi connectivity index (χ0) is 21.7. The number of ether oxygens (including phenoxy) is 1. The van der Waals surface area contributed by atoms with Crippen molar-refractivity contribution in [3.63, 3.8) is 0 Å². The number of nitrogens with zero attached hydrogens (tertiary/aromatic N) is 1. The van der Waals surface area contributed by atoms with E-state index in [0.717, 1.165) is 16.3 Å². The lowest BCUT2D eigenvalue weighted by Gasteiger charge is -2.27. The number of aliphatic hydroxyl groups is 1. The van der Waals surface area contributed by atoms with Gasteiger partial charge in [0.05, 0.1) is 13.3 Å². The molecule has 0 spiro atoms. The Bertz CT molecular complexity index is 1180. The summed E-state index contributed by atoms with van der Waals surface area (Å²) >= 11 is 0. The summed E-state index contributed by atoms with van der Waals surface area (Å²) in [6, 6.07) is 29.3. The molecule has 31 heavy (non-hydrogen) atoms. The largest absolute Gasteiger partial charge is 0.496 e. The molecule has 4 aromatic rings. The third-order valence-electron chi connectivity index (χ3n) is 5.22. The summed E-state index contributed by atoms with van der Waals surface area (Å²) in [5, 5.41) is 17.6. The summed E-state index contributed by atoms with van der Waals surface area (Å²) < 4.78 is 5.46. The molecular weight excluding hydrogens is 388 g/mol. The lowest BCUT2D eigenvalue weighted by Crippen LogP contribution is -2.43. The predicted molar refractivity (Wildman–Crippen MR) is 122 cm³/mol. The van der Waals surface area contributed by atoms with E-state index in [1.807, 2.05) is 48.5 Å². The first-order valence-corrected chi connectivity index (χ1v) is 9.87. The zero-order valence-corrected chi connectivity index (χ0v) is 17.0. The Morgan fingerprint density at radius 2 is 1.45 bits per heavy atom. The third-order valence-corrected chi connectivity index (χ3v) is 5.22. The lowest BCUT2D eigenvalue weighted by molar-refractivity contribution is -0.136. The molecule has 0 saturated heterocycles. The fraction of sp³-hybridized carbons (Fsp3) is 0.0769. The van der Waals surface area contributed by atoms with Gasteiger partial charge in [-0.25, -0.2) is 5.43 Å². The molecule has 2 N–H and O–H groups in total. The van der Waals surface area contributed by atoms with E-state index in [-0.39, 0.29) is 0 Å². The van der Waals surface area contributed by atoms with Crippen molar-refractivity contribution in [2.75, 3.05) is 7.11 Å². The van der Waals surface area contributed by atoms with Crippen LogP contribution in [0.1, 0.15) is 16.7 Å². The number of methoxy groups -OCH3 is 1. The maximum Gasteiger partial charge on any atom is 0.281 e. The van der Waals surface area contributed by atoms with Gasteiger partial charge in [0.15, 0.2) is 5.60 Å². The first kappa shape index (κ1) is 20.3. The maximum absolute atomic E-state index is 13.2. The summed E-state index contributed by atoms with van der Waals surface area (Å²) in [5.41, 5.74) is 2.27. The molecule has 0 bridgehead atoms. The summed E-state index contributed by atoms with van der Waals surface area (Å²) in [5.74, 6) is -0.0153. The van der Waals surface area contributed by atoms with Crippen LogP contribution in [-0.4, -0.2) is 24.3 Å². The van der Waals surface area contributed by atoms with Crippen LogP contribution in [0.25, 0.3) is 10.8 Å². The highest BCUT2D eigenvalue weighted by Gasteiger charge is 2.39. The summed E-state index contributed by atoms with van der Waals surface area (Å²) in [7, 11) is 1.59. The van der Waals surface area contributed by atoms with Crippen molar-refractivity contribution in [3.05, 3.63) is 114 Å². The van der Waals surface area contributed by atoms with Crippen molar-refractivity contribution in [2.45, 2.75) is 5.60 Å². The van der Waals surface area contributed by atoms with Gasteiger partial charge < -0.3 is 9.84 Å². The molecule has 0 radical (unpaired) electrons. The van der Waals surface area contributed by atoms with Gasteiger partial charge in [0.25, 0.3) is 5.91 Å². The Hall–Kier alpha value is -3.96. The van der Waals surface area contributed by atoms with Crippen molar-refractivity contribution < 1.29 is 14.6 Å². The number of rotatable bonds is 6. The Morgan fingerprint density at radius 1 is 0.871 bits per heavy atom. The molecular formula is C26H22N2O3. The fourth-order valence-corrected chi connectivity index (χ4v) is 3.61. The predicted octanol–water partition coefficient (Wildman–Crippen LogP) is 4.23. The van der Waals surface area contributed by atoms with Crippen molar-refractivity contribution in [1.82, 2.24) is 5.43 Å². The van der Waals surface area contributed by atoms with E-state index in [0.29, 0.717) is 16.9 Å². The van der Waals surface area contributed by atoms with Crippen LogP contribution >= 0.6 is 0 Å². The highest BCUT2D eigenvalue weighted by Crippen LogP contribution is 2.30. The van der Waals surface area contributed by atoms with Crippen LogP contribution < -0.4 is 10.2 Å². The van der Waals surface area contributed by atoms with Crippen LogP contribution in [0.15, 0.2) is 102 Å². The number of fused-ring (bicyclic) bond motifs is 1. The number of hydrogen-bond donors (Lipinski definition) is 2. The molecule has 154 valence electrons. The Kier molecular flexibility index (Phi) is 5.78. The van der Waals surface area contributed by atoms with Gasteiger partial charge in [-0.3, -0.25) is 4.79 Å².